The second-order valence-electron chi connectivity index (χ2n) is 17.8. The summed E-state index contributed by atoms with van der Waals surface area (Å²) in [7, 11) is 0. The van der Waals surface area contributed by atoms with Crippen molar-refractivity contribution in [3.8, 4) is 17.6 Å². The van der Waals surface area contributed by atoms with Crippen LogP contribution in [0, 0.1) is 27.9 Å². The van der Waals surface area contributed by atoms with Gasteiger partial charge in [0.25, 0.3) is 5.69 Å². The van der Waals surface area contributed by atoms with E-state index in [0.29, 0.717) is 44.2 Å². The Morgan fingerprint density at radius 2 is 1.31 bits per heavy atom. The molecule has 0 aliphatic carbocycles. The third kappa shape index (κ3) is 21.7. The van der Waals surface area contributed by atoms with E-state index in [0.717, 1.165) is 22.4 Å². The summed E-state index contributed by atoms with van der Waals surface area (Å²) in [5.74, 6) is 4.02. The SMILES string of the molecule is CC(C)C(NC(=O)CCOCCOCCOCCOCCNC(=O)CCC(=O)N1Cc2ccccc2C#Cc2ccccc21)C(=O)NC(CCCNC(N)=O)C(=O)Nc1ccc(COC(=O)Oc2ccc([N+](=O)[O-])cc2)cc1. The number of ether oxygens (including phenoxy) is 6. The first-order valence-corrected chi connectivity index (χ1v) is 25.4. The predicted molar refractivity (Wildman–Crippen MR) is 285 cm³/mol. The normalized spacial score (nSPS) is 12.2. The molecule has 78 heavy (non-hydrogen) atoms. The zero-order valence-electron chi connectivity index (χ0n) is 43.6. The van der Waals surface area contributed by atoms with Crippen molar-refractivity contribution in [2.45, 2.75) is 71.2 Å². The minimum atomic E-state index is -1.08. The molecule has 7 amide bonds. The minimum Gasteiger partial charge on any atom is -0.429 e. The summed E-state index contributed by atoms with van der Waals surface area (Å²) in [4.78, 5) is 101. The molecule has 4 aromatic carbocycles. The van der Waals surface area contributed by atoms with Crippen LogP contribution in [-0.4, -0.2) is 125 Å². The van der Waals surface area contributed by atoms with Crippen molar-refractivity contribution >= 4 is 58.8 Å². The Balaban J connectivity index is 0.901. The Labute approximate surface area is 451 Å². The van der Waals surface area contributed by atoms with Gasteiger partial charge < -0.3 is 65.6 Å². The molecule has 23 nitrogen and oxygen atoms in total. The summed E-state index contributed by atoms with van der Waals surface area (Å²) in [6.45, 7) is 6.08. The summed E-state index contributed by atoms with van der Waals surface area (Å²) in [6, 6.07) is 23.6. The molecule has 0 spiro atoms. The Kier molecular flexibility index (Phi) is 25.5. The number of primary amides is 1. The van der Waals surface area contributed by atoms with E-state index in [2.05, 4.69) is 38.4 Å². The molecule has 1 aliphatic heterocycles. The molecule has 1 heterocycles. The molecule has 0 fully saturated rings. The number of nitro benzene ring substituents is 1. The summed E-state index contributed by atoms with van der Waals surface area (Å²) in [5.41, 5.74) is 9.19. The molecule has 4 aromatic rings. The van der Waals surface area contributed by atoms with Crippen molar-refractivity contribution in [1.82, 2.24) is 21.3 Å². The molecule has 0 bridgehead atoms. The standard InChI is InChI=1S/C55H66N8O15/c1-38(2)51(53(68)60-46(11-7-26-58-54(56)69)52(67)59-43-17-13-39(14-18-43)37-77-55(70)78-45-21-19-44(20-22-45)63(71)72)61-49(65)25-28-73-30-32-75-34-35-76-33-31-74-29-27-57-48(64)23-24-50(66)62-36-42-10-4-3-8-40(42)15-16-41-9-5-6-12-47(41)62/h3-6,8-10,12-14,17-22,38,46,51H,7,11,23-37H2,1-2H3,(H,57,64)(H,59,67)(H,60,68)(H,61,65)(H3,56,58,69). The highest BCUT2D eigenvalue weighted by atomic mass is 16.7. The second kappa shape index (κ2) is 32.9. The van der Waals surface area contributed by atoms with Crippen LogP contribution in [-0.2, 0) is 60.8 Å². The number of nitrogens with one attached hydrogen (secondary N) is 5. The molecule has 2 atom stereocenters. The summed E-state index contributed by atoms with van der Waals surface area (Å²) in [6.07, 6.45) is -0.626. The van der Waals surface area contributed by atoms with Crippen LogP contribution in [0.2, 0.25) is 0 Å². The lowest BCUT2D eigenvalue weighted by atomic mass is 10.0. The number of anilines is 2. The van der Waals surface area contributed by atoms with Gasteiger partial charge in [-0.05, 0) is 72.4 Å². The van der Waals surface area contributed by atoms with E-state index in [9.17, 15) is 43.7 Å². The minimum absolute atomic E-state index is 0.0334. The fourth-order valence-corrected chi connectivity index (χ4v) is 7.49. The molecule has 0 aromatic heterocycles. The first kappa shape index (κ1) is 60.4. The van der Waals surface area contributed by atoms with Crippen molar-refractivity contribution in [1.29, 1.82) is 0 Å². The van der Waals surface area contributed by atoms with E-state index >= 15 is 0 Å². The zero-order chi connectivity index (χ0) is 56.1. The van der Waals surface area contributed by atoms with Gasteiger partial charge in [-0.1, -0.05) is 68.2 Å². The molecule has 23 heteroatoms. The van der Waals surface area contributed by atoms with Crippen molar-refractivity contribution in [3.63, 3.8) is 0 Å². The van der Waals surface area contributed by atoms with Crippen LogP contribution in [0.3, 0.4) is 0 Å². The average Bonchev–Trinajstić information content (AvgIpc) is 3.42. The molecule has 0 saturated heterocycles. The average molecular weight is 1080 g/mol. The number of rotatable bonds is 32. The molecular formula is C55H66N8O15. The van der Waals surface area contributed by atoms with Gasteiger partial charge >= 0.3 is 12.2 Å². The number of carbonyl (C=O) groups excluding carboxylic acids is 7. The van der Waals surface area contributed by atoms with E-state index in [4.69, 9.17) is 34.2 Å². The number of benzene rings is 4. The number of non-ortho nitro benzene ring substituents is 1. The highest BCUT2D eigenvalue weighted by Gasteiger charge is 2.29. The lowest BCUT2D eigenvalue weighted by Gasteiger charge is -2.26. The number of fused-ring (bicyclic) bond motifs is 2. The predicted octanol–water partition coefficient (Wildman–Crippen LogP) is 4.62. The Hall–Kier alpha value is -8.43. The highest BCUT2D eigenvalue weighted by Crippen LogP contribution is 2.26. The zero-order valence-corrected chi connectivity index (χ0v) is 43.6. The quantitative estimate of drug-likeness (QED) is 0.00971. The van der Waals surface area contributed by atoms with Crippen LogP contribution in [0.1, 0.15) is 68.2 Å². The number of nitrogens with two attached hydrogens (primary N) is 1. The van der Waals surface area contributed by atoms with Crippen molar-refractivity contribution < 1.29 is 66.9 Å². The van der Waals surface area contributed by atoms with Gasteiger partial charge in [-0.15, -0.1) is 0 Å². The number of amides is 7. The van der Waals surface area contributed by atoms with Gasteiger partial charge in [-0.2, -0.15) is 0 Å². The largest absolute Gasteiger partial charge is 0.514 e. The lowest BCUT2D eigenvalue weighted by Crippen LogP contribution is -2.54. The number of nitro groups is 1. The van der Waals surface area contributed by atoms with E-state index in [-0.39, 0.29) is 107 Å². The number of hydrogen-bond donors (Lipinski definition) is 6. The molecular weight excluding hydrogens is 1010 g/mol. The fourth-order valence-electron chi connectivity index (χ4n) is 7.49. The van der Waals surface area contributed by atoms with Crippen LogP contribution in [0.25, 0.3) is 0 Å². The number of urea groups is 1. The van der Waals surface area contributed by atoms with Crippen LogP contribution in [0.5, 0.6) is 5.75 Å². The third-order valence-electron chi connectivity index (χ3n) is 11.6. The van der Waals surface area contributed by atoms with Gasteiger partial charge in [0, 0.05) is 61.3 Å². The van der Waals surface area contributed by atoms with E-state index in [1.54, 1.807) is 43.0 Å². The van der Waals surface area contributed by atoms with Gasteiger partial charge in [-0.3, -0.25) is 34.1 Å². The summed E-state index contributed by atoms with van der Waals surface area (Å²) in [5, 5.41) is 24.3. The Bertz CT molecular complexity index is 2710. The van der Waals surface area contributed by atoms with Crippen molar-refractivity contribution in [2.75, 3.05) is 76.2 Å². The monoisotopic (exact) mass is 1080 g/mol. The fraction of sp³-hybridized carbons (Fsp3) is 0.400. The van der Waals surface area contributed by atoms with E-state index in [1.165, 1.54) is 24.3 Å². The maximum atomic E-state index is 13.6. The van der Waals surface area contributed by atoms with Crippen molar-refractivity contribution in [3.05, 3.63) is 129 Å². The molecule has 0 radical (unpaired) electrons. The summed E-state index contributed by atoms with van der Waals surface area (Å²) < 4.78 is 32.3. The number of hydrogen-bond acceptors (Lipinski definition) is 15. The smallest absolute Gasteiger partial charge is 0.429 e. The van der Waals surface area contributed by atoms with Gasteiger partial charge in [0.15, 0.2) is 0 Å². The molecule has 5 rings (SSSR count). The molecule has 2 unspecified atom stereocenters. The van der Waals surface area contributed by atoms with Crippen LogP contribution in [0.15, 0.2) is 97.1 Å². The van der Waals surface area contributed by atoms with Crippen LogP contribution < -0.4 is 42.0 Å². The van der Waals surface area contributed by atoms with E-state index in [1.807, 2.05) is 48.5 Å². The number of para-hydroxylation sites is 1. The van der Waals surface area contributed by atoms with Gasteiger partial charge in [0.05, 0.1) is 70.0 Å². The van der Waals surface area contributed by atoms with E-state index < -0.39 is 46.9 Å². The first-order valence-electron chi connectivity index (χ1n) is 25.4. The Morgan fingerprint density at radius 3 is 1.97 bits per heavy atom. The molecule has 0 saturated carbocycles. The first-order chi connectivity index (χ1) is 37.7. The summed E-state index contributed by atoms with van der Waals surface area (Å²) >= 11 is 0. The molecule has 416 valence electrons. The molecule has 7 N–H and O–H groups in total. The maximum absolute atomic E-state index is 13.6. The van der Waals surface area contributed by atoms with Gasteiger partial charge in [-0.25, -0.2) is 9.59 Å². The number of nitrogens with zero attached hydrogens (tertiary/aromatic N) is 2. The maximum Gasteiger partial charge on any atom is 0.514 e. The van der Waals surface area contributed by atoms with Crippen LogP contribution in [0.4, 0.5) is 26.7 Å². The van der Waals surface area contributed by atoms with Crippen LogP contribution >= 0.6 is 0 Å². The third-order valence-corrected chi connectivity index (χ3v) is 11.6. The van der Waals surface area contributed by atoms with Gasteiger partial charge in [0.1, 0.15) is 24.4 Å². The van der Waals surface area contributed by atoms with Gasteiger partial charge in [0.2, 0.25) is 29.5 Å². The van der Waals surface area contributed by atoms with Crippen molar-refractivity contribution in [2.24, 2.45) is 11.7 Å². The Morgan fingerprint density at radius 1 is 0.679 bits per heavy atom. The lowest BCUT2D eigenvalue weighted by molar-refractivity contribution is -0.384. The molecule has 1 aliphatic rings. The highest BCUT2D eigenvalue weighted by molar-refractivity contribution is 5.99. The number of carbonyl (C=O) groups is 7. The topological polar surface area (TPSA) is 307 Å². The second-order valence-corrected chi connectivity index (χ2v) is 17.8.